The van der Waals surface area contributed by atoms with Crippen LogP contribution in [-0.2, 0) is 13.0 Å². The van der Waals surface area contributed by atoms with Crippen LogP contribution in [0.2, 0.25) is 0 Å². The van der Waals surface area contributed by atoms with Crippen LogP contribution in [0, 0.1) is 0 Å². The van der Waals surface area contributed by atoms with E-state index in [-0.39, 0.29) is 6.61 Å². The molecule has 2 aromatic carbocycles. The molecule has 3 nitrogen and oxygen atoms in total. The van der Waals surface area contributed by atoms with Crippen LogP contribution in [0.1, 0.15) is 24.5 Å². The lowest BCUT2D eigenvalue weighted by atomic mass is 10.1. The Kier molecular flexibility index (Phi) is 6.10. The number of aryl methyl sites for hydroxylation is 1. The van der Waals surface area contributed by atoms with Gasteiger partial charge in [-0.25, -0.2) is 0 Å². The molecular formula is C18H22O3. The van der Waals surface area contributed by atoms with Crippen LogP contribution < -0.4 is 9.47 Å². The maximum absolute atomic E-state index is 8.91. The molecule has 0 aliphatic carbocycles. The molecule has 0 radical (unpaired) electrons. The number of hydrogen-bond acceptors (Lipinski definition) is 3. The van der Waals surface area contributed by atoms with Gasteiger partial charge in [0.05, 0.1) is 6.61 Å². The normalized spacial score (nSPS) is 10.4. The van der Waals surface area contributed by atoms with Crippen LogP contribution in [0.4, 0.5) is 0 Å². The largest absolute Gasteiger partial charge is 0.490 e. The maximum Gasteiger partial charge on any atom is 0.161 e. The predicted molar refractivity (Wildman–Crippen MR) is 83.8 cm³/mol. The number of aliphatic hydroxyl groups excluding tert-OH is 1. The van der Waals surface area contributed by atoms with E-state index in [1.165, 1.54) is 0 Å². The van der Waals surface area contributed by atoms with Gasteiger partial charge in [-0.05, 0) is 43.0 Å². The van der Waals surface area contributed by atoms with E-state index in [9.17, 15) is 0 Å². The minimum atomic E-state index is 0.205. The SMILES string of the molecule is CCOc1cc(CCCO)ccc1OCc1ccccc1. The van der Waals surface area contributed by atoms with Crippen molar-refractivity contribution in [2.75, 3.05) is 13.2 Å². The van der Waals surface area contributed by atoms with Gasteiger partial charge in [0.2, 0.25) is 0 Å². The van der Waals surface area contributed by atoms with E-state index in [1.807, 2.05) is 55.5 Å². The molecule has 0 atom stereocenters. The van der Waals surface area contributed by atoms with Crippen molar-refractivity contribution < 1.29 is 14.6 Å². The van der Waals surface area contributed by atoms with Crippen LogP contribution >= 0.6 is 0 Å². The Hall–Kier alpha value is -2.00. The van der Waals surface area contributed by atoms with Crippen molar-refractivity contribution in [3.63, 3.8) is 0 Å². The molecule has 21 heavy (non-hydrogen) atoms. The summed E-state index contributed by atoms with van der Waals surface area (Å²) in [6.07, 6.45) is 1.60. The van der Waals surface area contributed by atoms with Crippen LogP contribution in [0.5, 0.6) is 11.5 Å². The van der Waals surface area contributed by atoms with Gasteiger partial charge < -0.3 is 14.6 Å². The summed E-state index contributed by atoms with van der Waals surface area (Å²) < 4.78 is 11.5. The van der Waals surface area contributed by atoms with Gasteiger partial charge in [-0.3, -0.25) is 0 Å². The zero-order valence-electron chi connectivity index (χ0n) is 12.4. The first kappa shape index (κ1) is 15.4. The highest BCUT2D eigenvalue weighted by Gasteiger charge is 2.07. The molecule has 2 aromatic rings. The van der Waals surface area contributed by atoms with Gasteiger partial charge in [-0.2, -0.15) is 0 Å². The van der Waals surface area contributed by atoms with E-state index in [4.69, 9.17) is 14.6 Å². The summed E-state index contributed by atoms with van der Waals surface area (Å²) in [6, 6.07) is 16.0. The first-order valence-corrected chi connectivity index (χ1v) is 7.36. The van der Waals surface area contributed by atoms with Crippen LogP contribution in [0.15, 0.2) is 48.5 Å². The highest BCUT2D eigenvalue weighted by atomic mass is 16.5. The molecule has 2 rings (SSSR count). The average molecular weight is 286 g/mol. The zero-order chi connectivity index (χ0) is 14.9. The highest BCUT2D eigenvalue weighted by Crippen LogP contribution is 2.29. The predicted octanol–water partition coefficient (Wildman–Crippen LogP) is 3.59. The number of aliphatic hydroxyl groups is 1. The van der Waals surface area contributed by atoms with Crippen molar-refractivity contribution in [3.05, 3.63) is 59.7 Å². The van der Waals surface area contributed by atoms with Gasteiger partial charge in [0.25, 0.3) is 0 Å². The van der Waals surface area contributed by atoms with E-state index < -0.39 is 0 Å². The Labute approximate surface area is 126 Å². The second-order valence-electron chi connectivity index (χ2n) is 4.82. The topological polar surface area (TPSA) is 38.7 Å². The standard InChI is InChI=1S/C18H22O3/c1-2-20-18-13-15(9-6-12-19)10-11-17(18)21-14-16-7-4-3-5-8-16/h3-5,7-8,10-11,13,19H,2,6,9,12,14H2,1H3. The van der Waals surface area contributed by atoms with Gasteiger partial charge in [-0.1, -0.05) is 36.4 Å². The van der Waals surface area contributed by atoms with E-state index in [2.05, 4.69) is 0 Å². The van der Waals surface area contributed by atoms with Gasteiger partial charge in [0.1, 0.15) is 6.61 Å². The second-order valence-corrected chi connectivity index (χ2v) is 4.82. The lowest BCUT2D eigenvalue weighted by Crippen LogP contribution is -2.00. The Bertz CT molecular complexity index is 537. The number of ether oxygens (including phenoxy) is 2. The molecule has 0 spiro atoms. The number of hydrogen-bond donors (Lipinski definition) is 1. The van der Waals surface area contributed by atoms with Gasteiger partial charge in [0, 0.05) is 6.61 Å². The van der Waals surface area contributed by atoms with Crippen molar-refractivity contribution >= 4 is 0 Å². The smallest absolute Gasteiger partial charge is 0.161 e. The van der Waals surface area contributed by atoms with Gasteiger partial charge in [-0.15, -0.1) is 0 Å². The molecule has 0 aromatic heterocycles. The average Bonchev–Trinajstić information content (AvgIpc) is 2.53. The molecule has 1 N–H and O–H groups in total. The van der Waals surface area contributed by atoms with E-state index in [0.29, 0.717) is 13.2 Å². The molecule has 0 heterocycles. The van der Waals surface area contributed by atoms with E-state index >= 15 is 0 Å². The quantitative estimate of drug-likeness (QED) is 0.806. The minimum absolute atomic E-state index is 0.205. The Balaban J connectivity index is 2.06. The van der Waals surface area contributed by atoms with Gasteiger partial charge >= 0.3 is 0 Å². The third-order valence-corrected chi connectivity index (χ3v) is 3.17. The molecule has 3 heteroatoms. The summed E-state index contributed by atoms with van der Waals surface area (Å²) in [4.78, 5) is 0. The lowest BCUT2D eigenvalue weighted by molar-refractivity contribution is 0.268. The summed E-state index contributed by atoms with van der Waals surface area (Å²) in [7, 11) is 0. The molecule has 0 saturated heterocycles. The molecule has 0 bridgehead atoms. The van der Waals surface area contributed by atoms with Crippen molar-refractivity contribution in [1.82, 2.24) is 0 Å². The Morgan fingerprint density at radius 2 is 1.71 bits per heavy atom. The number of rotatable bonds is 8. The fraction of sp³-hybridized carbons (Fsp3) is 0.333. The molecule has 0 aliphatic rings. The van der Waals surface area contributed by atoms with Crippen LogP contribution in [0.3, 0.4) is 0 Å². The van der Waals surface area contributed by atoms with E-state index in [1.54, 1.807) is 0 Å². The van der Waals surface area contributed by atoms with Crippen molar-refractivity contribution in [1.29, 1.82) is 0 Å². The molecule has 0 amide bonds. The molecular weight excluding hydrogens is 264 g/mol. The molecule has 0 unspecified atom stereocenters. The zero-order valence-corrected chi connectivity index (χ0v) is 12.4. The van der Waals surface area contributed by atoms with Crippen molar-refractivity contribution in [3.8, 4) is 11.5 Å². The summed E-state index contributed by atoms with van der Waals surface area (Å²) in [5.41, 5.74) is 2.28. The minimum Gasteiger partial charge on any atom is -0.490 e. The Morgan fingerprint density at radius 1 is 0.905 bits per heavy atom. The summed E-state index contributed by atoms with van der Waals surface area (Å²) >= 11 is 0. The van der Waals surface area contributed by atoms with Crippen LogP contribution in [0.25, 0.3) is 0 Å². The van der Waals surface area contributed by atoms with Crippen molar-refractivity contribution in [2.45, 2.75) is 26.4 Å². The van der Waals surface area contributed by atoms with Crippen LogP contribution in [-0.4, -0.2) is 18.3 Å². The molecule has 0 aliphatic heterocycles. The first-order chi connectivity index (χ1) is 10.3. The lowest BCUT2D eigenvalue weighted by Gasteiger charge is -2.13. The third kappa shape index (κ3) is 4.80. The molecule has 0 fully saturated rings. The van der Waals surface area contributed by atoms with Crippen molar-refractivity contribution in [2.24, 2.45) is 0 Å². The maximum atomic E-state index is 8.91. The number of benzene rings is 2. The fourth-order valence-electron chi connectivity index (χ4n) is 2.11. The third-order valence-electron chi connectivity index (χ3n) is 3.17. The Morgan fingerprint density at radius 3 is 2.43 bits per heavy atom. The molecule has 112 valence electrons. The summed E-state index contributed by atoms with van der Waals surface area (Å²) in [6.45, 7) is 3.29. The second kappa shape index (κ2) is 8.32. The van der Waals surface area contributed by atoms with E-state index in [0.717, 1.165) is 35.5 Å². The first-order valence-electron chi connectivity index (χ1n) is 7.36. The fourth-order valence-corrected chi connectivity index (χ4v) is 2.11. The monoisotopic (exact) mass is 286 g/mol. The summed E-state index contributed by atoms with van der Waals surface area (Å²) in [5, 5.41) is 8.91. The highest BCUT2D eigenvalue weighted by molar-refractivity contribution is 5.43. The summed E-state index contributed by atoms with van der Waals surface area (Å²) in [5.74, 6) is 1.53. The van der Waals surface area contributed by atoms with Gasteiger partial charge in [0.15, 0.2) is 11.5 Å². The molecule has 0 saturated carbocycles.